The Kier molecular flexibility index (Phi) is 8.53. The van der Waals surface area contributed by atoms with Gasteiger partial charge in [0.05, 0.1) is 5.69 Å². The van der Waals surface area contributed by atoms with Crippen molar-refractivity contribution in [3.63, 3.8) is 0 Å². The number of nitrogens with one attached hydrogen (secondary N) is 1. The number of benzene rings is 1. The summed E-state index contributed by atoms with van der Waals surface area (Å²) in [4.78, 5) is 28.3. The van der Waals surface area contributed by atoms with Gasteiger partial charge >= 0.3 is 12.1 Å². The number of rotatable bonds is 5. The van der Waals surface area contributed by atoms with E-state index in [1.54, 1.807) is 0 Å². The highest BCUT2D eigenvalue weighted by molar-refractivity contribution is 5.77. The Balaban J connectivity index is 0.000000429. The standard InChI is InChI=1S/C24H31N3O.C2HF3O2/c1-18(2)26-23(28)15-19-16-24(22-9-4-3-8-21(19)22)10-13-27(14-11-24)17-20-7-5-6-12-25-20;3-2(4,5)1(6)7/h3-9,12,18-19H,10-11,13-17H2,1-2H3,(H,26,28);(H,6,7). The van der Waals surface area contributed by atoms with E-state index in [2.05, 4.69) is 51.6 Å². The van der Waals surface area contributed by atoms with Gasteiger partial charge in [0.25, 0.3) is 0 Å². The predicted molar refractivity (Wildman–Crippen MR) is 126 cm³/mol. The molecule has 0 bridgehead atoms. The Hall–Kier alpha value is -2.94. The predicted octanol–water partition coefficient (Wildman–Crippen LogP) is 4.65. The SMILES string of the molecule is CC(C)NC(=O)CC1CC2(CCN(Cc3ccccn3)CC2)c2ccccc21.O=C(O)C(F)(F)F. The average molecular weight is 492 g/mol. The minimum Gasteiger partial charge on any atom is -0.475 e. The topological polar surface area (TPSA) is 82.5 Å². The summed E-state index contributed by atoms with van der Waals surface area (Å²) < 4.78 is 31.7. The molecule has 0 saturated carbocycles. The zero-order valence-corrected chi connectivity index (χ0v) is 20.0. The molecular weight excluding hydrogens is 459 g/mol. The minimum absolute atomic E-state index is 0.180. The second-order valence-electron chi connectivity index (χ2n) is 9.60. The Morgan fingerprint density at radius 1 is 1.14 bits per heavy atom. The number of likely N-dealkylation sites (tertiary alicyclic amines) is 1. The van der Waals surface area contributed by atoms with Gasteiger partial charge in [-0.25, -0.2) is 4.79 Å². The summed E-state index contributed by atoms with van der Waals surface area (Å²) in [7, 11) is 0. The molecule has 1 atom stereocenters. The highest BCUT2D eigenvalue weighted by Gasteiger charge is 2.45. The van der Waals surface area contributed by atoms with Crippen LogP contribution in [0.15, 0.2) is 48.7 Å². The smallest absolute Gasteiger partial charge is 0.475 e. The molecule has 1 aromatic heterocycles. The molecule has 190 valence electrons. The van der Waals surface area contributed by atoms with Gasteiger partial charge in [-0.2, -0.15) is 13.2 Å². The largest absolute Gasteiger partial charge is 0.490 e. The summed E-state index contributed by atoms with van der Waals surface area (Å²) in [5.74, 6) is -2.23. The molecule has 0 radical (unpaired) electrons. The molecule has 1 spiro atoms. The Bertz CT molecular complexity index is 1000. The molecule has 1 amide bonds. The number of amides is 1. The lowest BCUT2D eigenvalue weighted by Crippen LogP contribution is -2.41. The monoisotopic (exact) mass is 491 g/mol. The fourth-order valence-electron chi connectivity index (χ4n) is 5.15. The third-order valence-corrected chi connectivity index (χ3v) is 6.66. The van der Waals surface area contributed by atoms with E-state index in [0.717, 1.165) is 31.7 Å². The van der Waals surface area contributed by atoms with Gasteiger partial charge in [-0.15, -0.1) is 0 Å². The quantitative estimate of drug-likeness (QED) is 0.636. The number of nitrogens with zero attached hydrogens (tertiary/aromatic N) is 2. The van der Waals surface area contributed by atoms with Gasteiger partial charge < -0.3 is 10.4 Å². The summed E-state index contributed by atoms with van der Waals surface area (Å²) in [6.07, 6.45) is 0.836. The minimum atomic E-state index is -5.08. The zero-order valence-electron chi connectivity index (χ0n) is 20.0. The zero-order chi connectivity index (χ0) is 25.6. The second kappa shape index (κ2) is 11.2. The van der Waals surface area contributed by atoms with Gasteiger partial charge in [-0.1, -0.05) is 30.3 Å². The molecule has 2 aliphatic rings. The van der Waals surface area contributed by atoms with Crippen LogP contribution in [0.1, 0.15) is 62.3 Å². The molecule has 1 aliphatic carbocycles. The molecule has 1 aromatic carbocycles. The number of halogens is 3. The van der Waals surface area contributed by atoms with E-state index in [1.807, 2.05) is 26.1 Å². The third kappa shape index (κ3) is 7.04. The van der Waals surface area contributed by atoms with E-state index in [4.69, 9.17) is 9.90 Å². The van der Waals surface area contributed by atoms with Crippen LogP contribution in [-0.2, 0) is 21.5 Å². The number of aromatic nitrogens is 1. The molecule has 6 nitrogen and oxygen atoms in total. The van der Waals surface area contributed by atoms with Crippen LogP contribution in [0, 0.1) is 0 Å². The maximum absolute atomic E-state index is 12.4. The van der Waals surface area contributed by atoms with E-state index >= 15 is 0 Å². The first-order valence-corrected chi connectivity index (χ1v) is 11.8. The molecule has 4 rings (SSSR count). The van der Waals surface area contributed by atoms with Crippen LogP contribution in [-0.4, -0.2) is 52.2 Å². The van der Waals surface area contributed by atoms with E-state index in [-0.39, 0.29) is 17.4 Å². The van der Waals surface area contributed by atoms with Crippen LogP contribution in [0.4, 0.5) is 13.2 Å². The summed E-state index contributed by atoms with van der Waals surface area (Å²) in [6, 6.07) is 15.2. The molecule has 2 N–H and O–H groups in total. The molecule has 2 aromatic rings. The van der Waals surface area contributed by atoms with Crippen molar-refractivity contribution in [1.82, 2.24) is 15.2 Å². The lowest BCUT2D eigenvalue weighted by molar-refractivity contribution is -0.192. The van der Waals surface area contributed by atoms with Crippen molar-refractivity contribution < 1.29 is 27.9 Å². The van der Waals surface area contributed by atoms with Crippen molar-refractivity contribution in [2.75, 3.05) is 13.1 Å². The van der Waals surface area contributed by atoms with Gasteiger partial charge in [0.1, 0.15) is 0 Å². The number of carbonyl (C=O) groups is 2. The Morgan fingerprint density at radius 3 is 2.34 bits per heavy atom. The summed E-state index contributed by atoms with van der Waals surface area (Å²) in [5.41, 5.74) is 4.28. The van der Waals surface area contributed by atoms with Crippen LogP contribution < -0.4 is 5.32 Å². The van der Waals surface area contributed by atoms with Crippen molar-refractivity contribution in [3.8, 4) is 0 Å². The number of pyridine rings is 1. The van der Waals surface area contributed by atoms with E-state index < -0.39 is 12.1 Å². The molecule has 9 heteroatoms. The van der Waals surface area contributed by atoms with Crippen LogP contribution in [0.5, 0.6) is 0 Å². The number of carbonyl (C=O) groups excluding carboxylic acids is 1. The first kappa shape index (κ1) is 26.7. The molecule has 1 unspecified atom stereocenters. The molecule has 1 aliphatic heterocycles. The van der Waals surface area contributed by atoms with Gasteiger partial charge in [0.15, 0.2) is 0 Å². The normalized spacial score (nSPS) is 19.1. The highest BCUT2D eigenvalue weighted by Crippen LogP contribution is 2.52. The van der Waals surface area contributed by atoms with Gasteiger partial charge in [0, 0.05) is 25.2 Å². The van der Waals surface area contributed by atoms with Gasteiger partial charge in [-0.3, -0.25) is 14.7 Å². The number of aliphatic carboxylic acids is 1. The number of hydrogen-bond acceptors (Lipinski definition) is 4. The van der Waals surface area contributed by atoms with Crippen molar-refractivity contribution >= 4 is 11.9 Å². The molecule has 35 heavy (non-hydrogen) atoms. The maximum atomic E-state index is 12.4. The number of alkyl halides is 3. The van der Waals surface area contributed by atoms with Crippen LogP contribution >= 0.6 is 0 Å². The summed E-state index contributed by atoms with van der Waals surface area (Å²) >= 11 is 0. The van der Waals surface area contributed by atoms with Crippen LogP contribution in [0.25, 0.3) is 0 Å². The summed E-state index contributed by atoms with van der Waals surface area (Å²) in [5, 5.41) is 10.2. The van der Waals surface area contributed by atoms with Gasteiger partial charge in [-0.05, 0) is 80.8 Å². The number of carboxylic acids is 1. The average Bonchev–Trinajstić information content (AvgIpc) is 3.08. The lowest BCUT2D eigenvalue weighted by Gasteiger charge is -2.40. The first-order valence-electron chi connectivity index (χ1n) is 11.8. The highest BCUT2D eigenvalue weighted by atomic mass is 19.4. The fraction of sp³-hybridized carbons (Fsp3) is 0.500. The van der Waals surface area contributed by atoms with E-state index in [9.17, 15) is 18.0 Å². The van der Waals surface area contributed by atoms with Gasteiger partial charge in [0.2, 0.25) is 5.91 Å². The maximum Gasteiger partial charge on any atom is 0.490 e. The molecular formula is C26H32F3N3O3. The van der Waals surface area contributed by atoms with E-state index in [0.29, 0.717) is 12.3 Å². The van der Waals surface area contributed by atoms with Crippen molar-refractivity contribution in [2.45, 2.75) is 69.6 Å². The fourth-order valence-corrected chi connectivity index (χ4v) is 5.15. The van der Waals surface area contributed by atoms with Crippen molar-refractivity contribution in [1.29, 1.82) is 0 Å². The van der Waals surface area contributed by atoms with Crippen molar-refractivity contribution in [3.05, 3.63) is 65.5 Å². The Morgan fingerprint density at radius 2 is 1.77 bits per heavy atom. The van der Waals surface area contributed by atoms with Crippen molar-refractivity contribution in [2.24, 2.45) is 0 Å². The second-order valence-corrected chi connectivity index (χ2v) is 9.60. The molecule has 2 heterocycles. The lowest BCUT2D eigenvalue weighted by atomic mass is 9.73. The number of carboxylic acid groups (broad SMARTS) is 1. The third-order valence-electron chi connectivity index (χ3n) is 6.66. The number of hydrogen-bond donors (Lipinski definition) is 2. The summed E-state index contributed by atoms with van der Waals surface area (Å²) in [6.45, 7) is 7.17. The van der Waals surface area contributed by atoms with E-state index in [1.165, 1.54) is 24.0 Å². The molecule has 1 fully saturated rings. The number of piperidine rings is 1. The van der Waals surface area contributed by atoms with Crippen LogP contribution in [0.3, 0.4) is 0 Å². The van der Waals surface area contributed by atoms with Crippen LogP contribution in [0.2, 0.25) is 0 Å². The number of fused-ring (bicyclic) bond motifs is 2. The Labute approximate surface area is 203 Å². The first-order chi connectivity index (χ1) is 16.5. The molecule has 1 saturated heterocycles.